The van der Waals surface area contributed by atoms with Crippen molar-refractivity contribution < 1.29 is 14.3 Å². The highest BCUT2D eigenvalue weighted by Gasteiger charge is 2.26. The number of nitrogen functional groups attached to an aromatic ring is 1. The molecule has 0 atom stereocenters. The first-order valence-electron chi connectivity index (χ1n) is 10.8. The number of hydrogen-bond acceptors (Lipinski definition) is 4. The van der Waals surface area contributed by atoms with Crippen molar-refractivity contribution in [1.82, 2.24) is 9.88 Å². The Morgan fingerprint density at radius 3 is 2.44 bits per heavy atom. The monoisotopic (exact) mass is 432 g/mol. The molecular formula is C25H28N4O3. The molecule has 4 rings (SSSR count). The van der Waals surface area contributed by atoms with Crippen molar-refractivity contribution in [2.45, 2.75) is 38.1 Å². The number of primary amides is 1. The molecule has 0 unspecified atom stereocenters. The Bertz CT molecular complexity index is 1130. The lowest BCUT2D eigenvalue weighted by atomic mass is 9.99. The van der Waals surface area contributed by atoms with Crippen LogP contribution in [0, 0.1) is 0 Å². The summed E-state index contributed by atoms with van der Waals surface area (Å²) in [5.74, 6) is 0.156. The average molecular weight is 433 g/mol. The number of hydrogen-bond donors (Lipinski definition) is 3. The van der Waals surface area contributed by atoms with E-state index in [9.17, 15) is 9.59 Å². The van der Waals surface area contributed by atoms with Crippen molar-refractivity contribution in [3.8, 4) is 11.4 Å². The van der Waals surface area contributed by atoms with E-state index in [1.807, 2.05) is 36.5 Å². The third-order valence-electron chi connectivity index (χ3n) is 6.12. The zero-order valence-electron chi connectivity index (χ0n) is 18.1. The lowest BCUT2D eigenvalue weighted by molar-refractivity contribution is 0.0946. The van der Waals surface area contributed by atoms with Crippen LogP contribution >= 0.6 is 0 Å². The summed E-state index contributed by atoms with van der Waals surface area (Å²) in [6.45, 7) is 0.362. The number of rotatable bonds is 7. The molecule has 1 saturated carbocycles. The van der Waals surface area contributed by atoms with Gasteiger partial charge in [-0.15, -0.1) is 0 Å². The Kier molecular flexibility index (Phi) is 6.16. The molecular weight excluding hydrogens is 404 g/mol. The summed E-state index contributed by atoms with van der Waals surface area (Å²) >= 11 is 0. The summed E-state index contributed by atoms with van der Waals surface area (Å²) in [7, 11) is 1.54. The first-order chi connectivity index (χ1) is 15.5. The van der Waals surface area contributed by atoms with Gasteiger partial charge in [0.2, 0.25) is 0 Å². The van der Waals surface area contributed by atoms with Crippen molar-refractivity contribution in [1.29, 1.82) is 0 Å². The summed E-state index contributed by atoms with van der Waals surface area (Å²) < 4.78 is 7.03. The molecule has 32 heavy (non-hydrogen) atoms. The molecule has 5 N–H and O–H groups in total. The zero-order valence-corrected chi connectivity index (χ0v) is 18.1. The molecule has 7 heteroatoms. The van der Waals surface area contributed by atoms with Gasteiger partial charge in [-0.2, -0.15) is 0 Å². The highest BCUT2D eigenvalue weighted by molar-refractivity contribution is 5.98. The van der Waals surface area contributed by atoms with Gasteiger partial charge < -0.3 is 26.1 Å². The van der Waals surface area contributed by atoms with Gasteiger partial charge in [0.15, 0.2) is 0 Å². The predicted molar refractivity (Wildman–Crippen MR) is 124 cm³/mol. The summed E-state index contributed by atoms with van der Waals surface area (Å²) in [6, 6.07) is 14.7. The summed E-state index contributed by atoms with van der Waals surface area (Å²) in [4.78, 5) is 24.7. The minimum Gasteiger partial charge on any atom is -0.496 e. The van der Waals surface area contributed by atoms with Gasteiger partial charge in [-0.05, 0) is 54.2 Å². The number of carbonyl (C=O) groups is 2. The number of methoxy groups -OCH3 is 1. The maximum Gasteiger partial charge on any atom is 0.267 e. The molecule has 0 spiro atoms. The molecule has 0 radical (unpaired) electrons. The molecule has 1 aliphatic carbocycles. The molecule has 7 nitrogen and oxygen atoms in total. The van der Waals surface area contributed by atoms with Gasteiger partial charge in [0.25, 0.3) is 11.8 Å². The fourth-order valence-corrected chi connectivity index (χ4v) is 4.44. The number of amides is 2. The van der Waals surface area contributed by atoms with Crippen LogP contribution in [0.2, 0.25) is 0 Å². The van der Waals surface area contributed by atoms with E-state index in [4.69, 9.17) is 16.2 Å². The first kappa shape index (κ1) is 21.5. The minimum absolute atomic E-state index is 0.207. The Labute approximate surface area is 187 Å². The second kappa shape index (κ2) is 9.18. The van der Waals surface area contributed by atoms with Crippen molar-refractivity contribution >= 4 is 17.5 Å². The van der Waals surface area contributed by atoms with E-state index in [0.29, 0.717) is 35.2 Å². The molecule has 0 bridgehead atoms. The standard InChI is InChI=1S/C25H28N4O3/c1-32-21-9-5-4-8-19(21)25(31)28-14-16-10-12-18(13-11-16)29-15-20(17-6-2-3-7-17)22(26)23(29)24(27)30/h4-5,8-13,15,17H,2-3,6-7,14,26H2,1H3,(H2,27,30)(H,28,31). The van der Waals surface area contributed by atoms with Crippen molar-refractivity contribution in [3.05, 3.63) is 77.1 Å². The number of ether oxygens (including phenoxy) is 1. The van der Waals surface area contributed by atoms with Crippen LogP contribution in [0.5, 0.6) is 5.75 Å². The van der Waals surface area contributed by atoms with Gasteiger partial charge in [0, 0.05) is 18.4 Å². The number of nitrogens with one attached hydrogen (secondary N) is 1. The number of anilines is 1. The fraction of sp³-hybridized carbons (Fsp3) is 0.280. The van der Waals surface area contributed by atoms with Crippen molar-refractivity contribution in [3.63, 3.8) is 0 Å². The average Bonchev–Trinajstić information content (AvgIpc) is 3.45. The number of benzene rings is 2. The van der Waals surface area contributed by atoms with E-state index < -0.39 is 5.91 Å². The third-order valence-corrected chi connectivity index (χ3v) is 6.12. The number of para-hydroxylation sites is 1. The topological polar surface area (TPSA) is 112 Å². The maximum atomic E-state index is 12.5. The summed E-state index contributed by atoms with van der Waals surface area (Å²) in [5, 5.41) is 2.91. The third kappa shape index (κ3) is 4.19. The molecule has 2 amide bonds. The van der Waals surface area contributed by atoms with E-state index >= 15 is 0 Å². The second-order valence-corrected chi connectivity index (χ2v) is 8.11. The Morgan fingerprint density at radius 1 is 1.09 bits per heavy atom. The predicted octanol–water partition coefficient (Wildman–Crippen LogP) is 3.75. The highest BCUT2D eigenvalue weighted by atomic mass is 16.5. The van der Waals surface area contributed by atoms with Gasteiger partial charge in [0.05, 0.1) is 18.4 Å². The molecule has 1 aromatic heterocycles. The van der Waals surface area contributed by atoms with E-state index in [0.717, 1.165) is 29.7 Å². The van der Waals surface area contributed by atoms with Crippen LogP contribution in [0.1, 0.15) is 63.6 Å². The first-order valence-corrected chi connectivity index (χ1v) is 10.8. The SMILES string of the molecule is COc1ccccc1C(=O)NCc1ccc(-n2cc(C3CCCC3)c(N)c2C(N)=O)cc1. The van der Waals surface area contributed by atoms with Crippen LogP contribution in [0.15, 0.2) is 54.7 Å². The van der Waals surface area contributed by atoms with Gasteiger partial charge in [-0.25, -0.2) is 0 Å². The van der Waals surface area contributed by atoms with Crippen molar-refractivity contribution in [2.24, 2.45) is 5.73 Å². The highest BCUT2D eigenvalue weighted by Crippen LogP contribution is 2.39. The summed E-state index contributed by atoms with van der Waals surface area (Å²) in [6.07, 6.45) is 6.46. The van der Waals surface area contributed by atoms with Crippen LogP contribution in [-0.2, 0) is 6.54 Å². The largest absolute Gasteiger partial charge is 0.496 e. The molecule has 3 aromatic rings. The van der Waals surface area contributed by atoms with E-state index in [-0.39, 0.29) is 5.91 Å². The zero-order chi connectivity index (χ0) is 22.7. The quantitative estimate of drug-likeness (QED) is 0.528. The maximum absolute atomic E-state index is 12.5. The van der Waals surface area contributed by atoms with Gasteiger partial charge in [-0.1, -0.05) is 37.1 Å². The lowest BCUT2D eigenvalue weighted by Gasteiger charge is -2.11. The number of aromatic nitrogens is 1. The number of nitrogens with two attached hydrogens (primary N) is 2. The minimum atomic E-state index is -0.542. The molecule has 2 aromatic carbocycles. The molecule has 166 valence electrons. The summed E-state index contributed by atoms with van der Waals surface area (Å²) in [5.41, 5.74) is 16.0. The van der Waals surface area contributed by atoms with Gasteiger partial charge in [0.1, 0.15) is 11.4 Å². The van der Waals surface area contributed by atoms with Crippen LogP contribution in [0.3, 0.4) is 0 Å². The molecule has 0 saturated heterocycles. The van der Waals surface area contributed by atoms with Crippen LogP contribution in [0.4, 0.5) is 5.69 Å². The molecule has 1 aliphatic rings. The van der Waals surface area contributed by atoms with Gasteiger partial charge in [-0.3, -0.25) is 9.59 Å². The molecule has 1 heterocycles. The van der Waals surface area contributed by atoms with Gasteiger partial charge >= 0.3 is 0 Å². The number of carbonyl (C=O) groups excluding carboxylic acids is 2. The molecule has 0 aliphatic heterocycles. The van der Waals surface area contributed by atoms with Crippen LogP contribution in [0.25, 0.3) is 5.69 Å². The Balaban J connectivity index is 1.52. The van der Waals surface area contributed by atoms with E-state index in [1.165, 1.54) is 20.0 Å². The van der Waals surface area contributed by atoms with Crippen molar-refractivity contribution in [2.75, 3.05) is 12.8 Å². The van der Waals surface area contributed by atoms with Crippen LogP contribution < -0.4 is 21.5 Å². The lowest BCUT2D eigenvalue weighted by Crippen LogP contribution is -2.23. The fourth-order valence-electron chi connectivity index (χ4n) is 4.44. The number of nitrogens with zero attached hydrogens (tertiary/aromatic N) is 1. The van der Waals surface area contributed by atoms with E-state index in [1.54, 1.807) is 22.8 Å². The van der Waals surface area contributed by atoms with Crippen LogP contribution in [-0.4, -0.2) is 23.5 Å². The Hall–Kier alpha value is -3.74. The smallest absolute Gasteiger partial charge is 0.267 e. The Morgan fingerprint density at radius 2 is 1.78 bits per heavy atom. The second-order valence-electron chi connectivity index (χ2n) is 8.11. The normalized spacial score (nSPS) is 13.8. The molecule has 1 fully saturated rings. The van der Waals surface area contributed by atoms with E-state index in [2.05, 4.69) is 5.32 Å².